The van der Waals surface area contributed by atoms with Crippen LogP contribution in [0.4, 0.5) is 20.2 Å². The van der Waals surface area contributed by atoms with Crippen molar-refractivity contribution in [3.05, 3.63) is 60.2 Å². The first-order valence-electron chi connectivity index (χ1n) is 7.47. The number of hydrogen-bond donors (Lipinski definition) is 1. The zero-order valence-corrected chi connectivity index (χ0v) is 13.0. The number of amides is 2. The number of alkyl halides is 2. The lowest BCUT2D eigenvalue weighted by Crippen LogP contribution is -2.41. The Bertz CT molecular complexity index is 837. The van der Waals surface area contributed by atoms with E-state index in [-0.39, 0.29) is 18.2 Å². The summed E-state index contributed by atoms with van der Waals surface area (Å²) in [6.45, 7) is -3.07. The van der Waals surface area contributed by atoms with Crippen molar-refractivity contribution in [3.8, 4) is 5.75 Å². The van der Waals surface area contributed by atoms with E-state index in [1.807, 2.05) is 0 Å². The van der Waals surface area contributed by atoms with Crippen molar-refractivity contribution in [2.75, 3.05) is 16.8 Å². The standard InChI is InChI=1S/C18H14F2N2O3/c19-18(20)25-15-8-4-1-5-12(15)9-10-17(24)22-11-16(23)21-13-6-2-3-7-14(13)22/h1-10,18H,11H2,(H,21,23)/b10-9+. The maximum absolute atomic E-state index is 12.5. The normalized spacial score (nSPS) is 13.7. The molecule has 0 unspecified atom stereocenters. The summed E-state index contributed by atoms with van der Waals surface area (Å²) >= 11 is 0. The van der Waals surface area contributed by atoms with E-state index in [1.54, 1.807) is 42.5 Å². The number of para-hydroxylation sites is 3. The Balaban J connectivity index is 1.84. The molecule has 0 saturated carbocycles. The summed E-state index contributed by atoms with van der Waals surface area (Å²) in [5, 5.41) is 2.69. The molecular weight excluding hydrogens is 330 g/mol. The molecule has 0 fully saturated rings. The second-order valence-corrected chi connectivity index (χ2v) is 5.24. The Morgan fingerprint density at radius 2 is 1.88 bits per heavy atom. The molecule has 0 aliphatic carbocycles. The number of carbonyl (C=O) groups excluding carboxylic acids is 2. The van der Waals surface area contributed by atoms with Gasteiger partial charge in [0.15, 0.2) is 0 Å². The summed E-state index contributed by atoms with van der Waals surface area (Å²) in [6, 6.07) is 13.1. The summed E-state index contributed by atoms with van der Waals surface area (Å²) in [7, 11) is 0. The van der Waals surface area contributed by atoms with E-state index >= 15 is 0 Å². The van der Waals surface area contributed by atoms with Crippen molar-refractivity contribution >= 4 is 29.3 Å². The van der Waals surface area contributed by atoms with E-state index in [0.717, 1.165) is 0 Å². The fourth-order valence-corrected chi connectivity index (χ4v) is 2.50. The van der Waals surface area contributed by atoms with Gasteiger partial charge in [0.2, 0.25) is 5.91 Å². The van der Waals surface area contributed by atoms with Gasteiger partial charge in [-0.15, -0.1) is 0 Å². The van der Waals surface area contributed by atoms with Crippen LogP contribution in [0.3, 0.4) is 0 Å². The van der Waals surface area contributed by atoms with Crippen LogP contribution in [-0.4, -0.2) is 25.0 Å². The Morgan fingerprint density at radius 3 is 2.68 bits per heavy atom. The highest BCUT2D eigenvalue weighted by Gasteiger charge is 2.25. The van der Waals surface area contributed by atoms with Crippen LogP contribution in [0.5, 0.6) is 5.75 Å². The predicted octanol–water partition coefficient (Wildman–Crippen LogP) is 3.29. The number of nitrogens with zero attached hydrogens (tertiary/aromatic N) is 1. The molecule has 0 aromatic heterocycles. The average Bonchev–Trinajstić information content (AvgIpc) is 2.59. The van der Waals surface area contributed by atoms with E-state index < -0.39 is 12.5 Å². The summed E-state index contributed by atoms with van der Waals surface area (Å²) < 4.78 is 29.3. The number of benzene rings is 2. The minimum atomic E-state index is -2.96. The molecule has 25 heavy (non-hydrogen) atoms. The van der Waals surface area contributed by atoms with Gasteiger partial charge in [-0.25, -0.2) is 0 Å². The maximum atomic E-state index is 12.5. The first-order valence-corrected chi connectivity index (χ1v) is 7.47. The van der Waals surface area contributed by atoms with Crippen molar-refractivity contribution in [2.45, 2.75) is 6.61 Å². The van der Waals surface area contributed by atoms with Crippen LogP contribution in [0.2, 0.25) is 0 Å². The van der Waals surface area contributed by atoms with Crippen LogP contribution in [-0.2, 0) is 9.59 Å². The van der Waals surface area contributed by atoms with Gasteiger partial charge in [0.25, 0.3) is 5.91 Å². The summed E-state index contributed by atoms with van der Waals surface area (Å²) in [5.74, 6) is -0.769. The third-order valence-electron chi connectivity index (χ3n) is 3.58. The molecule has 0 spiro atoms. The zero-order valence-electron chi connectivity index (χ0n) is 13.0. The number of ether oxygens (including phenoxy) is 1. The summed E-state index contributed by atoms with van der Waals surface area (Å²) in [4.78, 5) is 25.6. The van der Waals surface area contributed by atoms with Crippen molar-refractivity contribution in [1.29, 1.82) is 0 Å². The van der Waals surface area contributed by atoms with Crippen molar-refractivity contribution in [3.63, 3.8) is 0 Å². The number of carbonyl (C=O) groups is 2. The first kappa shape index (κ1) is 16.6. The van der Waals surface area contributed by atoms with Crippen molar-refractivity contribution < 1.29 is 23.1 Å². The Labute approximate surface area is 142 Å². The van der Waals surface area contributed by atoms with Gasteiger partial charge in [-0.2, -0.15) is 8.78 Å². The van der Waals surface area contributed by atoms with E-state index in [1.165, 1.54) is 23.1 Å². The largest absolute Gasteiger partial charge is 0.434 e. The van der Waals surface area contributed by atoms with Gasteiger partial charge < -0.3 is 10.1 Å². The highest BCUT2D eigenvalue weighted by atomic mass is 19.3. The molecule has 7 heteroatoms. The van der Waals surface area contributed by atoms with E-state index in [9.17, 15) is 18.4 Å². The molecule has 2 amide bonds. The van der Waals surface area contributed by atoms with Crippen LogP contribution in [0.1, 0.15) is 5.56 Å². The minimum absolute atomic E-state index is 0.0293. The first-order chi connectivity index (χ1) is 12.0. The molecule has 1 aliphatic heterocycles. The van der Waals surface area contributed by atoms with E-state index in [2.05, 4.69) is 10.1 Å². The Kier molecular flexibility index (Phi) is 4.74. The molecule has 1 heterocycles. The minimum Gasteiger partial charge on any atom is -0.434 e. The SMILES string of the molecule is O=C1CN(C(=O)/C=C/c2ccccc2OC(F)F)c2ccccc2N1. The number of hydrogen-bond acceptors (Lipinski definition) is 3. The topological polar surface area (TPSA) is 58.6 Å². The van der Waals surface area contributed by atoms with Gasteiger partial charge in [-0.3, -0.25) is 14.5 Å². The number of nitrogens with one attached hydrogen (secondary N) is 1. The molecule has 1 N–H and O–H groups in total. The second kappa shape index (κ2) is 7.12. The number of rotatable bonds is 4. The van der Waals surface area contributed by atoms with Gasteiger partial charge in [-0.1, -0.05) is 30.3 Å². The highest BCUT2D eigenvalue weighted by Crippen LogP contribution is 2.29. The van der Waals surface area contributed by atoms with Crippen LogP contribution in [0.25, 0.3) is 6.08 Å². The van der Waals surface area contributed by atoms with Crippen LogP contribution in [0, 0.1) is 0 Å². The molecule has 0 saturated heterocycles. The lowest BCUT2D eigenvalue weighted by molar-refractivity contribution is -0.119. The zero-order chi connectivity index (χ0) is 17.8. The molecule has 5 nitrogen and oxygen atoms in total. The summed E-state index contributed by atoms with van der Waals surface area (Å²) in [5.41, 5.74) is 1.46. The molecule has 2 aromatic rings. The van der Waals surface area contributed by atoms with Crippen LogP contribution >= 0.6 is 0 Å². The fourth-order valence-electron chi connectivity index (χ4n) is 2.50. The molecule has 128 valence electrons. The van der Waals surface area contributed by atoms with Crippen LogP contribution in [0.15, 0.2) is 54.6 Å². The summed E-state index contributed by atoms with van der Waals surface area (Å²) in [6.07, 6.45) is 2.61. The molecule has 0 radical (unpaired) electrons. The quantitative estimate of drug-likeness (QED) is 0.866. The molecule has 2 aromatic carbocycles. The van der Waals surface area contributed by atoms with E-state index in [4.69, 9.17) is 0 Å². The maximum Gasteiger partial charge on any atom is 0.387 e. The number of halogens is 2. The predicted molar refractivity (Wildman–Crippen MR) is 89.5 cm³/mol. The number of fused-ring (bicyclic) bond motifs is 1. The van der Waals surface area contributed by atoms with Gasteiger partial charge in [0, 0.05) is 11.6 Å². The highest BCUT2D eigenvalue weighted by molar-refractivity contribution is 6.13. The Hall–Kier alpha value is -3.22. The molecule has 0 atom stereocenters. The van der Waals surface area contributed by atoms with Crippen molar-refractivity contribution in [2.24, 2.45) is 0 Å². The van der Waals surface area contributed by atoms with Crippen molar-refractivity contribution in [1.82, 2.24) is 0 Å². The Morgan fingerprint density at radius 1 is 1.16 bits per heavy atom. The smallest absolute Gasteiger partial charge is 0.387 e. The molecule has 1 aliphatic rings. The molecular formula is C18H14F2N2O3. The third-order valence-corrected chi connectivity index (χ3v) is 3.58. The van der Waals surface area contributed by atoms with Crippen LogP contribution < -0.4 is 15.0 Å². The monoisotopic (exact) mass is 344 g/mol. The van der Waals surface area contributed by atoms with E-state index in [0.29, 0.717) is 16.9 Å². The van der Waals surface area contributed by atoms with Gasteiger partial charge >= 0.3 is 6.61 Å². The lowest BCUT2D eigenvalue weighted by atomic mass is 10.1. The molecule has 0 bridgehead atoms. The molecule has 3 rings (SSSR count). The third kappa shape index (κ3) is 3.82. The van der Waals surface area contributed by atoms with Gasteiger partial charge in [0.1, 0.15) is 12.3 Å². The second-order valence-electron chi connectivity index (χ2n) is 5.24. The van der Waals surface area contributed by atoms with Gasteiger partial charge in [-0.05, 0) is 24.3 Å². The number of anilines is 2. The fraction of sp³-hybridized carbons (Fsp3) is 0.111. The lowest BCUT2D eigenvalue weighted by Gasteiger charge is -2.28. The van der Waals surface area contributed by atoms with Gasteiger partial charge in [0.05, 0.1) is 11.4 Å². The average molecular weight is 344 g/mol.